The molecule has 2 aromatic heterocycles. The minimum Gasteiger partial charge on any atom is -0.349 e. The lowest BCUT2D eigenvalue weighted by atomic mass is 10.5. The lowest BCUT2D eigenvalue weighted by Gasteiger charge is -2.16. The van der Waals surface area contributed by atoms with E-state index in [2.05, 4.69) is 39.2 Å². The molecule has 0 aliphatic carbocycles. The van der Waals surface area contributed by atoms with Gasteiger partial charge in [0.2, 0.25) is 5.89 Å². The van der Waals surface area contributed by atoms with E-state index in [0.29, 0.717) is 18.3 Å². The summed E-state index contributed by atoms with van der Waals surface area (Å²) in [4.78, 5) is 12.0. The molecule has 0 aliphatic heterocycles. The van der Waals surface area contributed by atoms with Gasteiger partial charge >= 0.3 is 0 Å². The first-order valence-corrected chi connectivity index (χ1v) is 7.24. The molecule has 0 bridgehead atoms. The van der Waals surface area contributed by atoms with Gasteiger partial charge < -0.3 is 14.7 Å². The van der Waals surface area contributed by atoms with E-state index in [-0.39, 0.29) is 0 Å². The molecule has 0 saturated carbocycles. The molecule has 2 rings (SSSR count). The maximum absolute atomic E-state index is 5.04. The van der Waals surface area contributed by atoms with E-state index in [9.17, 15) is 0 Å². The highest BCUT2D eigenvalue weighted by molar-refractivity contribution is 7.15. The molecular weight excluding hydrogens is 262 g/mol. The number of aromatic nitrogens is 3. The third kappa shape index (κ3) is 3.74. The number of aryl methyl sites for hydroxylation is 1. The highest BCUT2D eigenvalue weighted by atomic mass is 32.1. The van der Waals surface area contributed by atoms with Gasteiger partial charge in [0.25, 0.3) is 0 Å². The Bertz CT molecular complexity index is 506. The van der Waals surface area contributed by atoms with E-state index < -0.39 is 0 Å². The first-order chi connectivity index (χ1) is 9.22. The van der Waals surface area contributed by atoms with Gasteiger partial charge in [0.05, 0.1) is 6.54 Å². The Kier molecular flexibility index (Phi) is 4.86. The van der Waals surface area contributed by atoms with E-state index in [1.54, 1.807) is 11.3 Å². The predicted molar refractivity (Wildman–Crippen MR) is 75.3 cm³/mol. The van der Waals surface area contributed by atoms with E-state index in [0.717, 1.165) is 24.8 Å². The lowest BCUT2D eigenvalue weighted by molar-refractivity contribution is 0.364. The molecule has 2 heterocycles. The maximum atomic E-state index is 5.04. The van der Waals surface area contributed by atoms with E-state index in [1.807, 2.05) is 13.1 Å². The molecule has 6 nitrogen and oxygen atoms in total. The third-order valence-corrected chi connectivity index (χ3v) is 3.78. The van der Waals surface area contributed by atoms with Crippen molar-refractivity contribution in [3.63, 3.8) is 0 Å². The third-order valence-electron chi connectivity index (χ3n) is 2.72. The Hall–Kier alpha value is -1.47. The van der Waals surface area contributed by atoms with Crippen molar-refractivity contribution in [2.75, 3.05) is 18.0 Å². The van der Waals surface area contributed by atoms with Gasteiger partial charge in [-0.2, -0.15) is 4.98 Å². The van der Waals surface area contributed by atoms with Gasteiger partial charge in [-0.1, -0.05) is 5.16 Å². The Balaban J connectivity index is 1.83. The van der Waals surface area contributed by atoms with E-state index in [1.165, 1.54) is 4.88 Å². The average Bonchev–Trinajstić information content (AvgIpc) is 3.01. The molecule has 0 unspecified atom stereocenters. The molecular formula is C12H19N5OS. The second-order valence-corrected chi connectivity index (χ2v) is 5.21. The number of hydrogen-bond acceptors (Lipinski definition) is 7. The smallest absolute Gasteiger partial charge is 0.240 e. The minimum atomic E-state index is 0.583. The fourth-order valence-corrected chi connectivity index (χ4v) is 2.73. The molecule has 0 fully saturated rings. The molecule has 19 heavy (non-hydrogen) atoms. The predicted octanol–water partition coefficient (Wildman–Crippen LogP) is 1.97. The second-order valence-electron chi connectivity index (χ2n) is 4.12. The zero-order valence-electron chi connectivity index (χ0n) is 11.5. The topological polar surface area (TPSA) is 67.1 Å². The molecule has 0 radical (unpaired) electrons. The summed E-state index contributed by atoms with van der Waals surface area (Å²) < 4.78 is 5.04. The molecule has 0 atom stereocenters. The molecule has 0 spiro atoms. The first-order valence-electron chi connectivity index (χ1n) is 6.42. The molecule has 0 aromatic carbocycles. The van der Waals surface area contributed by atoms with Crippen LogP contribution < -0.4 is 10.2 Å². The van der Waals surface area contributed by atoms with Crippen LogP contribution >= 0.6 is 11.3 Å². The summed E-state index contributed by atoms with van der Waals surface area (Å²) >= 11 is 1.72. The van der Waals surface area contributed by atoms with Gasteiger partial charge in [0.1, 0.15) is 0 Å². The molecule has 104 valence electrons. The zero-order valence-corrected chi connectivity index (χ0v) is 12.3. The zero-order chi connectivity index (χ0) is 13.7. The number of hydrogen-bond donors (Lipinski definition) is 1. The first kappa shape index (κ1) is 14.0. The molecule has 0 aliphatic rings. The summed E-state index contributed by atoms with van der Waals surface area (Å²) in [6, 6.07) is 0. The van der Waals surface area contributed by atoms with Gasteiger partial charge in [-0.15, -0.1) is 11.3 Å². The van der Waals surface area contributed by atoms with Gasteiger partial charge in [0.15, 0.2) is 11.0 Å². The van der Waals surface area contributed by atoms with Crippen molar-refractivity contribution in [3.8, 4) is 0 Å². The van der Waals surface area contributed by atoms with Crippen molar-refractivity contribution in [2.24, 2.45) is 0 Å². The average molecular weight is 281 g/mol. The summed E-state index contributed by atoms with van der Waals surface area (Å²) in [5.41, 5.74) is 0. The van der Waals surface area contributed by atoms with Crippen LogP contribution in [0.25, 0.3) is 0 Å². The molecule has 0 saturated heterocycles. The molecule has 1 N–H and O–H groups in total. The largest absolute Gasteiger partial charge is 0.349 e. The molecule has 2 aromatic rings. The number of rotatable bonds is 7. The van der Waals surface area contributed by atoms with Crippen LogP contribution in [0.2, 0.25) is 0 Å². The van der Waals surface area contributed by atoms with Crippen LogP contribution in [0.5, 0.6) is 0 Å². The number of nitrogens with zero attached hydrogens (tertiary/aromatic N) is 4. The standard InChI is InChI=1S/C12H19N5OS/c1-4-17(5-2)12-14-7-10(19-12)6-13-8-11-15-9(3)16-18-11/h7,13H,4-6,8H2,1-3H3. The van der Waals surface area contributed by atoms with Crippen molar-refractivity contribution < 1.29 is 4.52 Å². The highest BCUT2D eigenvalue weighted by Crippen LogP contribution is 2.21. The van der Waals surface area contributed by atoms with Crippen LogP contribution in [0.3, 0.4) is 0 Å². The highest BCUT2D eigenvalue weighted by Gasteiger charge is 2.08. The quantitative estimate of drug-likeness (QED) is 0.837. The van der Waals surface area contributed by atoms with Crippen LogP contribution in [-0.2, 0) is 13.1 Å². The van der Waals surface area contributed by atoms with Crippen molar-refractivity contribution in [3.05, 3.63) is 22.8 Å². The SMILES string of the molecule is CCN(CC)c1ncc(CNCc2nc(C)no2)s1. The summed E-state index contributed by atoms with van der Waals surface area (Å²) in [7, 11) is 0. The van der Waals surface area contributed by atoms with Crippen LogP contribution in [0.1, 0.15) is 30.4 Å². The van der Waals surface area contributed by atoms with Gasteiger partial charge in [0, 0.05) is 30.7 Å². The maximum Gasteiger partial charge on any atom is 0.240 e. The van der Waals surface area contributed by atoms with Crippen molar-refractivity contribution in [1.29, 1.82) is 0 Å². The van der Waals surface area contributed by atoms with Crippen LogP contribution in [0.4, 0.5) is 5.13 Å². The van der Waals surface area contributed by atoms with Gasteiger partial charge in [-0.3, -0.25) is 0 Å². The number of thiazole rings is 1. The number of anilines is 1. The molecule has 0 amide bonds. The van der Waals surface area contributed by atoms with Crippen LogP contribution in [-0.4, -0.2) is 28.2 Å². The van der Waals surface area contributed by atoms with E-state index in [4.69, 9.17) is 4.52 Å². The van der Waals surface area contributed by atoms with Crippen molar-refractivity contribution in [2.45, 2.75) is 33.9 Å². The Labute approximate surface area is 116 Å². The van der Waals surface area contributed by atoms with Gasteiger partial charge in [-0.05, 0) is 20.8 Å². The van der Waals surface area contributed by atoms with E-state index >= 15 is 0 Å². The summed E-state index contributed by atoms with van der Waals surface area (Å²) in [5.74, 6) is 1.28. The fraction of sp³-hybridized carbons (Fsp3) is 0.583. The lowest BCUT2D eigenvalue weighted by Crippen LogP contribution is -2.21. The Morgan fingerprint density at radius 1 is 1.32 bits per heavy atom. The van der Waals surface area contributed by atoms with Crippen molar-refractivity contribution >= 4 is 16.5 Å². The van der Waals surface area contributed by atoms with Crippen LogP contribution in [0, 0.1) is 6.92 Å². The molecule has 7 heteroatoms. The summed E-state index contributed by atoms with van der Waals surface area (Å²) in [6.45, 7) is 9.41. The monoisotopic (exact) mass is 281 g/mol. The fourth-order valence-electron chi connectivity index (χ4n) is 1.72. The van der Waals surface area contributed by atoms with Gasteiger partial charge in [-0.25, -0.2) is 4.98 Å². The summed E-state index contributed by atoms with van der Waals surface area (Å²) in [5, 5.41) is 8.10. The summed E-state index contributed by atoms with van der Waals surface area (Å²) in [6.07, 6.45) is 1.92. The number of nitrogens with one attached hydrogen (secondary N) is 1. The normalized spacial score (nSPS) is 10.9. The Morgan fingerprint density at radius 2 is 2.11 bits per heavy atom. The Morgan fingerprint density at radius 3 is 2.74 bits per heavy atom. The van der Waals surface area contributed by atoms with Crippen LogP contribution in [0.15, 0.2) is 10.7 Å². The minimum absolute atomic E-state index is 0.583. The van der Waals surface area contributed by atoms with Crippen molar-refractivity contribution in [1.82, 2.24) is 20.4 Å². The second kappa shape index (κ2) is 6.63.